The van der Waals surface area contributed by atoms with Crippen molar-refractivity contribution in [3.05, 3.63) is 18.2 Å². The smallest absolute Gasteiger partial charge is 0.255 e. The van der Waals surface area contributed by atoms with Crippen molar-refractivity contribution in [3.8, 4) is 17.2 Å². The lowest BCUT2D eigenvalue weighted by Crippen LogP contribution is -2.20. The summed E-state index contributed by atoms with van der Waals surface area (Å²) in [5, 5.41) is 0. The second kappa shape index (κ2) is 5.09. The highest BCUT2D eigenvalue weighted by molar-refractivity contribution is 5.75. The van der Waals surface area contributed by atoms with Crippen LogP contribution >= 0.6 is 0 Å². The van der Waals surface area contributed by atoms with E-state index in [1.807, 2.05) is 0 Å². The first kappa shape index (κ1) is 11.2. The molecule has 0 aromatic heterocycles. The molecule has 0 atom stereocenters. The van der Waals surface area contributed by atoms with Crippen LogP contribution in [0.4, 0.5) is 0 Å². The van der Waals surface area contributed by atoms with E-state index in [0.717, 1.165) is 0 Å². The SMILES string of the molecule is COc1cccc(OC)c1OCC(N)=O. The molecule has 0 saturated carbocycles. The number of ether oxygens (including phenoxy) is 3. The molecule has 5 nitrogen and oxygen atoms in total. The van der Waals surface area contributed by atoms with E-state index in [0.29, 0.717) is 17.2 Å². The summed E-state index contributed by atoms with van der Waals surface area (Å²) in [6, 6.07) is 5.17. The molecule has 0 heterocycles. The lowest BCUT2D eigenvalue weighted by atomic mass is 10.3. The monoisotopic (exact) mass is 211 g/mol. The topological polar surface area (TPSA) is 70.8 Å². The molecule has 1 rings (SSSR count). The molecule has 82 valence electrons. The molecule has 0 unspecified atom stereocenters. The Bertz CT molecular complexity index is 329. The fourth-order valence-corrected chi connectivity index (χ4v) is 1.10. The first-order valence-electron chi connectivity index (χ1n) is 4.31. The lowest BCUT2D eigenvalue weighted by Gasteiger charge is -2.12. The van der Waals surface area contributed by atoms with Crippen molar-refractivity contribution < 1.29 is 19.0 Å². The molecule has 0 aliphatic heterocycles. The minimum absolute atomic E-state index is 0.212. The van der Waals surface area contributed by atoms with Crippen molar-refractivity contribution in [1.82, 2.24) is 0 Å². The molecule has 0 radical (unpaired) electrons. The Hall–Kier alpha value is -1.91. The Morgan fingerprint density at radius 2 is 1.80 bits per heavy atom. The standard InChI is InChI=1S/C10H13NO4/c1-13-7-4-3-5-8(14-2)10(7)15-6-9(11)12/h3-5H,6H2,1-2H3,(H2,11,12). The second-order valence-electron chi connectivity index (χ2n) is 2.75. The molecule has 1 aromatic carbocycles. The maximum atomic E-state index is 10.6. The van der Waals surface area contributed by atoms with Crippen LogP contribution in [-0.2, 0) is 4.79 Å². The predicted octanol–water partition coefficient (Wildman–Crippen LogP) is 0.568. The minimum atomic E-state index is -0.553. The van der Waals surface area contributed by atoms with E-state index in [1.165, 1.54) is 14.2 Å². The van der Waals surface area contributed by atoms with Gasteiger partial charge in [0.25, 0.3) is 5.91 Å². The Kier molecular flexibility index (Phi) is 3.79. The van der Waals surface area contributed by atoms with Gasteiger partial charge < -0.3 is 19.9 Å². The van der Waals surface area contributed by atoms with Crippen LogP contribution in [0, 0.1) is 0 Å². The summed E-state index contributed by atoms with van der Waals surface area (Å²) < 4.78 is 15.3. The predicted molar refractivity (Wildman–Crippen MR) is 54.2 cm³/mol. The van der Waals surface area contributed by atoms with E-state index in [9.17, 15) is 4.79 Å². The molecule has 1 aromatic rings. The number of benzene rings is 1. The number of primary amides is 1. The van der Waals surface area contributed by atoms with E-state index in [-0.39, 0.29) is 6.61 Å². The number of amides is 1. The average Bonchev–Trinajstić information content (AvgIpc) is 2.25. The van der Waals surface area contributed by atoms with Crippen LogP contribution in [-0.4, -0.2) is 26.7 Å². The quantitative estimate of drug-likeness (QED) is 0.772. The summed E-state index contributed by atoms with van der Waals surface area (Å²) in [5.41, 5.74) is 4.98. The molecule has 2 N–H and O–H groups in total. The number of hydrogen-bond donors (Lipinski definition) is 1. The molecule has 0 bridgehead atoms. The van der Waals surface area contributed by atoms with Gasteiger partial charge in [0.15, 0.2) is 18.1 Å². The Labute approximate surface area is 87.7 Å². The molecule has 1 amide bonds. The van der Waals surface area contributed by atoms with Gasteiger partial charge >= 0.3 is 0 Å². The Morgan fingerprint density at radius 1 is 1.27 bits per heavy atom. The van der Waals surface area contributed by atoms with Crippen molar-refractivity contribution in [2.45, 2.75) is 0 Å². The molecule has 5 heteroatoms. The number of hydrogen-bond acceptors (Lipinski definition) is 4. The van der Waals surface area contributed by atoms with Crippen LogP contribution in [0.15, 0.2) is 18.2 Å². The van der Waals surface area contributed by atoms with Crippen LogP contribution in [0.3, 0.4) is 0 Å². The van der Waals surface area contributed by atoms with E-state index in [2.05, 4.69) is 0 Å². The maximum absolute atomic E-state index is 10.6. The number of para-hydroxylation sites is 1. The van der Waals surface area contributed by atoms with E-state index >= 15 is 0 Å². The first-order valence-corrected chi connectivity index (χ1v) is 4.31. The molecular weight excluding hydrogens is 198 g/mol. The average molecular weight is 211 g/mol. The maximum Gasteiger partial charge on any atom is 0.255 e. The van der Waals surface area contributed by atoms with Gasteiger partial charge in [-0.3, -0.25) is 4.79 Å². The largest absolute Gasteiger partial charge is 0.493 e. The van der Waals surface area contributed by atoms with Gasteiger partial charge in [0.05, 0.1) is 14.2 Å². The van der Waals surface area contributed by atoms with Gasteiger partial charge in [-0.15, -0.1) is 0 Å². The molecule has 0 aliphatic carbocycles. The van der Waals surface area contributed by atoms with Gasteiger partial charge in [-0.05, 0) is 12.1 Å². The molecule has 0 fully saturated rings. The summed E-state index contributed by atoms with van der Waals surface area (Å²) in [6.45, 7) is -0.212. The highest BCUT2D eigenvalue weighted by Crippen LogP contribution is 2.36. The van der Waals surface area contributed by atoms with Crippen molar-refractivity contribution in [3.63, 3.8) is 0 Å². The molecule has 0 spiro atoms. The third kappa shape index (κ3) is 2.77. The van der Waals surface area contributed by atoms with Crippen molar-refractivity contribution >= 4 is 5.91 Å². The second-order valence-corrected chi connectivity index (χ2v) is 2.75. The zero-order chi connectivity index (χ0) is 11.3. The summed E-state index contributed by atoms with van der Waals surface area (Å²) in [5.74, 6) is 0.815. The van der Waals surface area contributed by atoms with Gasteiger partial charge in [-0.2, -0.15) is 0 Å². The lowest BCUT2D eigenvalue weighted by molar-refractivity contribution is -0.119. The van der Waals surface area contributed by atoms with Crippen LogP contribution in [0.1, 0.15) is 0 Å². The van der Waals surface area contributed by atoms with Crippen molar-refractivity contribution in [2.75, 3.05) is 20.8 Å². The fourth-order valence-electron chi connectivity index (χ4n) is 1.10. The molecular formula is C10H13NO4. The van der Waals surface area contributed by atoms with Gasteiger partial charge in [0.2, 0.25) is 5.75 Å². The van der Waals surface area contributed by atoms with E-state index in [4.69, 9.17) is 19.9 Å². The first-order chi connectivity index (χ1) is 7.19. The third-order valence-corrected chi connectivity index (χ3v) is 1.74. The number of carbonyl (C=O) groups is 1. The number of carbonyl (C=O) groups excluding carboxylic acids is 1. The van der Waals surface area contributed by atoms with Crippen LogP contribution in [0.2, 0.25) is 0 Å². The zero-order valence-electron chi connectivity index (χ0n) is 8.65. The fraction of sp³-hybridized carbons (Fsp3) is 0.300. The molecule has 15 heavy (non-hydrogen) atoms. The Balaban J connectivity index is 2.94. The summed E-state index contributed by atoms with van der Waals surface area (Å²) >= 11 is 0. The molecule has 0 aliphatic rings. The highest BCUT2D eigenvalue weighted by Gasteiger charge is 2.11. The summed E-state index contributed by atoms with van der Waals surface area (Å²) in [7, 11) is 3.01. The Morgan fingerprint density at radius 3 is 2.20 bits per heavy atom. The van der Waals surface area contributed by atoms with E-state index in [1.54, 1.807) is 18.2 Å². The minimum Gasteiger partial charge on any atom is -0.493 e. The summed E-state index contributed by atoms with van der Waals surface area (Å²) in [6.07, 6.45) is 0. The van der Waals surface area contributed by atoms with Crippen molar-refractivity contribution in [2.24, 2.45) is 5.73 Å². The number of nitrogens with two attached hydrogens (primary N) is 1. The van der Waals surface area contributed by atoms with Crippen LogP contribution < -0.4 is 19.9 Å². The van der Waals surface area contributed by atoms with Gasteiger partial charge in [0, 0.05) is 0 Å². The van der Waals surface area contributed by atoms with Crippen LogP contribution in [0.25, 0.3) is 0 Å². The van der Waals surface area contributed by atoms with Crippen LogP contribution in [0.5, 0.6) is 17.2 Å². The van der Waals surface area contributed by atoms with Gasteiger partial charge in [-0.25, -0.2) is 0 Å². The number of methoxy groups -OCH3 is 2. The molecule has 0 saturated heterocycles. The highest BCUT2D eigenvalue weighted by atomic mass is 16.5. The van der Waals surface area contributed by atoms with Gasteiger partial charge in [-0.1, -0.05) is 6.07 Å². The zero-order valence-corrected chi connectivity index (χ0v) is 8.65. The third-order valence-electron chi connectivity index (χ3n) is 1.74. The van der Waals surface area contributed by atoms with E-state index < -0.39 is 5.91 Å². The van der Waals surface area contributed by atoms with Crippen molar-refractivity contribution in [1.29, 1.82) is 0 Å². The van der Waals surface area contributed by atoms with Gasteiger partial charge in [0.1, 0.15) is 0 Å². The summed E-state index contributed by atoms with van der Waals surface area (Å²) in [4.78, 5) is 10.6. The number of rotatable bonds is 5. The normalized spacial score (nSPS) is 9.47.